The van der Waals surface area contributed by atoms with Crippen LogP contribution in [0.2, 0.25) is 0 Å². The molecule has 1 aliphatic rings. The van der Waals surface area contributed by atoms with E-state index in [9.17, 15) is 4.79 Å². The molecule has 0 atom stereocenters. The van der Waals surface area contributed by atoms with Crippen molar-refractivity contribution in [1.82, 2.24) is 4.90 Å². The maximum absolute atomic E-state index is 11.6. The number of carbonyl (C=O) groups is 1. The van der Waals surface area contributed by atoms with Gasteiger partial charge in [0.1, 0.15) is 0 Å². The van der Waals surface area contributed by atoms with Gasteiger partial charge in [-0.2, -0.15) is 0 Å². The molecule has 0 saturated heterocycles. The normalized spacial score (nSPS) is 12.6. The van der Waals surface area contributed by atoms with Crippen molar-refractivity contribution >= 4 is 29.7 Å². The Balaban J connectivity index is 0.00000144. The number of likely N-dealkylation sites (N-methyl/N-ethyl adjacent to an activating group) is 1. The van der Waals surface area contributed by atoms with E-state index in [2.05, 4.69) is 10.6 Å². The Bertz CT molecular complexity index is 407. The first-order chi connectivity index (χ1) is 7.65. The standard InChI is InChI=1S/C12H17N3O.ClH/c1-15(2)8-12(16)14-10-3-4-11-9(7-10)5-6-13-11;/h3-4,7,13H,5-6,8H2,1-2H3,(H,14,16);1H. The van der Waals surface area contributed by atoms with Gasteiger partial charge in [-0.15, -0.1) is 12.4 Å². The number of hydrogen-bond acceptors (Lipinski definition) is 3. The van der Waals surface area contributed by atoms with Crippen molar-refractivity contribution in [3.8, 4) is 0 Å². The topological polar surface area (TPSA) is 44.4 Å². The van der Waals surface area contributed by atoms with E-state index in [1.165, 1.54) is 11.3 Å². The molecule has 0 fully saturated rings. The van der Waals surface area contributed by atoms with Crippen molar-refractivity contribution in [2.75, 3.05) is 37.8 Å². The summed E-state index contributed by atoms with van der Waals surface area (Å²) >= 11 is 0. The van der Waals surface area contributed by atoms with E-state index < -0.39 is 0 Å². The van der Waals surface area contributed by atoms with E-state index in [1.807, 2.05) is 37.2 Å². The zero-order valence-corrected chi connectivity index (χ0v) is 10.9. The van der Waals surface area contributed by atoms with E-state index in [0.717, 1.165) is 18.7 Å². The fraction of sp³-hybridized carbons (Fsp3) is 0.417. The van der Waals surface area contributed by atoms with Crippen molar-refractivity contribution in [3.05, 3.63) is 23.8 Å². The van der Waals surface area contributed by atoms with Crippen LogP contribution in [-0.2, 0) is 11.2 Å². The van der Waals surface area contributed by atoms with Crippen molar-refractivity contribution in [2.24, 2.45) is 0 Å². The largest absolute Gasteiger partial charge is 0.384 e. The second-order valence-electron chi connectivity index (χ2n) is 4.33. The number of carbonyl (C=O) groups excluding carboxylic acids is 1. The highest BCUT2D eigenvalue weighted by atomic mass is 35.5. The Labute approximate surface area is 108 Å². The summed E-state index contributed by atoms with van der Waals surface area (Å²) in [4.78, 5) is 13.4. The molecule has 0 spiro atoms. The Kier molecular flexibility index (Phi) is 4.78. The molecule has 1 heterocycles. The number of nitrogens with zero attached hydrogens (tertiary/aromatic N) is 1. The molecule has 4 nitrogen and oxygen atoms in total. The first-order valence-corrected chi connectivity index (χ1v) is 5.46. The van der Waals surface area contributed by atoms with Gasteiger partial charge >= 0.3 is 0 Å². The van der Waals surface area contributed by atoms with Crippen molar-refractivity contribution in [2.45, 2.75) is 6.42 Å². The molecular weight excluding hydrogens is 238 g/mol. The van der Waals surface area contributed by atoms with Gasteiger partial charge in [0.2, 0.25) is 5.91 Å². The summed E-state index contributed by atoms with van der Waals surface area (Å²) in [5, 5.41) is 6.19. The van der Waals surface area contributed by atoms with Crippen LogP contribution in [0.15, 0.2) is 18.2 Å². The van der Waals surface area contributed by atoms with Gasteiger partial charge in [0, 0.05) is 17.9 Å². The zero-order chi connectivity index (χ0) is 11.5. The third-order valence-electron chi connectivity index (χ3n) is 2.56. The molecule has 0 aliphatic carbocycles. The Morgan fingerprint density at radius 1 is 1.47 bits per heavy atom. The van der Waals surface area contributed by atoms with Crippen molar-refractivity contribution in [3.63, 3.8) is 0 Å². The number of anilines is 2. The fourth-order valence-corrected chi connectivity index (χ4v) is 1.87. The second-order valence-corrected chi connectivity index (χ2v) is 4.33. The van der Waals surface area contributed by atoms with Gasteiger partial charge < -0.3 is 15.5 Å². The number of amides is 1. The molecular formula is C12H18ClN3O. The smallest absolute Gasteiger partial charge is 0.238 e. The van der Waals surface area contributed by atoms with Crippen LogP contribution in [0.25, 0.3) is 0 Å². The number of halogens is 1. The highest BCUT2D eigenvalue weighted by molar-refractivity contribution is 5.92. The third kappa shape index (κ3) is 3.61. The fourth-order valence-electron chi connectivity index (χ4n) is 1.87. The summed E-state index contributed by atoms with van der Waals surface area (Å²) in [5.41, 5.74) is 3.35. The van der Waals surface area contributed by atoms with E-state index in [1.54, 1.807) is 0 Å². The number of benzene rings is 1. The lowest BCUT2D eigenvalue weighted by Crippen LogP contribution is -2.27. The molecule has 1 aromatic carbocycles. The van der Waals surface area contributed by atoms with Crippen LogP contribution in [0.3, 0.4) is 0 Å². The average Bonchev–Trinajstić information content (AvgIpc) is 2.63. The van der Waals surface area contributed by atoms with Crippen LogP contribution in [-0.4, -0.2) is 38.0 Å². The minimum Gasteiger partial charge on any atom is -0.384 e. The highest BCUT2D eigenvalue weighted by Crippen LogP contribution is 2.25. The lowest BCUT2D eigenvalue weighted by Gasteiger charge is -2.10. The van der Waals surface area contributed by atoms with E-state index in [0.29, 0.717) is 6.54 Å². The van der Waals surface area contributed by atoms with Crippen LogP contribution in [0.4, 0.5) is 11.4 Å². The average molecular weight is 256 g/mol. The Hall–Kier alpha value is -1.26. The minimum atomic E-state index is 0. The van der Waals surface area contributed by atoms with Crippen LogP contribution < -0.4 is 10.6 Å². The molecule has 94 valence electrons. The Morgan fingerprint density at radius 3 is 2.94 bits per heavy atom. The van der Waals surface area contributed by atoms with Gasteiger partial charge in [0.25, 0.3) is 0 Å². The summed E-state index contributed by atoms with van der Waals surface area (Å²) in [6.07, 6.45) is 1.03. The maximum Gasteiger partial charge on any atom is 0.238 e. The maximum atomic E-state index is 11.6. The number of hydrogen-bond donors (Lipinski definition) is 2. The van der Waals surface area contributed by atoms with Crippen LogP contribution in [0, 0.1) is 0 Å². The molecule has 0 saturated carbocycles. The van der Waals surface area contributed by atoms with Gasteiger partial charge in [0.05, 0.1) is 6.54 Å². The summed E-state index contributed by atoms with van der Waals surface area (Å²) in [5.74, 6) is 0.0240. The molecule has 0 unspecified atom stereocenters. The first-order valence-electron chi connectivity index (χ1n) is 5.46. The molecule has 5 heteroatoms. The second kappa shape index (κ2) is 5.89. The number of nitrogens with one attached hydrogen (secondary N) is 2. The first kappa shape index (κ1) is 13.8. The lowest BCUT2D eigenvalue weighted by molar-refractivity contribution is -0.116. The molecule has 0 radical (unpaired) electrons. The van der Waals surface area contributed by atoms with Crippen LogP contribution >= 0.6 is 12.4 Å². The van der Waals surface area contributed by atoms with E-state index in [-0.39, 0.29) is 18.3 Å². The predicted octanol–water partition coefficient (Wildman–Crippen LogP) is 1.58. The Morgan fingerprint density at radius 2 is 2.24 bits per heavy atom. The molecule has 0 bridgehead atoms. The number of fused-ring (bicyclic) bond motifs is 1. The molecule has 17 heavy (non-hydrogen) atoms. The summed E-state index contributed by atoms with van der Waals surface area (Å²) in [6.45, 7) is 1.40. The molecule has 1 aromatic rings. The van der Waals surface area contributed by atoms with Crippen molar-refractivity contribution in [1.29, 1.82) is 0 Å². The van der Waals surface area contributed by atoms with Gasteiger partial charge in [-0.1, -0.05) is 0 Å². The molecule has 1 aliphatic heterocycles. The lowest BCUT2D eigenvalue weighted by atomic mass is 10.1. The SMILES string of the molecule is CN(C)CC(=O)Nc1ccc2c(c1)CCN2.Cl. The van der Waals surface area contributed by atoms with Gasteiger partial charge in [-0.25, -0.2) is 0 Å². The summed E-state index contributed by atoms with van der Waals surface area (Å²) in [7, 11) is 3.76. The van der Waals surface area contributed by atoms with Gasteiger partial charge in [-0.3, -0.25) is 4.79 Å². The monoisotopic (exact) mass is 255 g/mol. The zero-order valence-electron chi connectivity index (χ0n) is 10.1. The quantitative estimate of drug-likeness (QED) is 0.862. The van der Waals surface area contributed by atoms with Crippen molar-refractivity contribution < 1.29 is 4.79 Å². The molecule has 2 N–H and O–H groups in total. The summed E-state index contributed by atoms with van der Waals surface area (Å²) in [6, 6.07) is 6.00. The molecule has 0 aromatic heterocycles. The molecule has 2 rings (SSSR count). The van der Waals surface area contributed by atoms with Crippen LogP contribution in [0.1, 0.15) is 5.56 Å². The van der Waals surface area contributed by atoms with Gasteiger partial charge in [-0.05, 0) is 44.3 Å². The summed E-state index contributed by atoms with van der Waals surface area (Å²) < 4.78 is 0. The highest BCUT2D eigenvalue weighted by Gasteiger charge is 2.11. The van der Waals surface area contributed by atoms with Gasteiger partial charge in [0.15, 0.2) is 0 Å². The minimum absolute atomic E-state index is 0. The van der Waals surface area contributed by atoms with Crippen LogP contribution in [0.5, 0.6) is 0 Å². The van der Waals surface area contributed by atoms with E-state index in [4.69, 9.17) is 0 Å². The third-order valence-corrected chi connectivity index (χ3v) is 2.56. The number of rotatable bonds is 3. The van der Waals surface area contributed by atoms with E-state index >= 15 is 0 Å². The predicted molar refractivity (Wildman–Crippen MR) is 73.1 cm³/mol. The molecule has 1 amide bonds.